The van der Waals surface area contributed by atoms with Crippen molar-refractivity contribution in [1.82, 2.24) is 4.98 Å². The number of aromatic nitrogens is 1. The third-order valence-electron chi connectivity index (χ3n) is 6.08. The molecular weight excluding hydrogens is 452 g/mol. The first-order valence-corrected chi connectivity index (χ1v) is 12.3. The normalized spacial score (nSPS) is 18.4. The van der Waals surface area contributed by atoms with Crippen molar-refractivity contribution in [3.8, 4) is 5.75 Å². The number of fused-ring (bicyclic) bond motifs is 1. The molecule has 2 aliphatic heterocycles. The molecule has 0 radical (unpaired) electrons. The molecule has 3 heterocycles. The molecule has 0 N–H and O–H groups in total. The Bertz CT molecular complexity index is 1250. The molecule has 2 saturated heterocycles. The molecule has 0 bridgehead atoms. The Morgan fingerprint density at radius 1 is 1.06 bits per heavy atom. The highest BCUT2D eigenvalue weighted by atomic mass is 35.5. The van der Waals surface area contributed by atoms with Crippen molar-refractivity contribution < 1.29 is 22.6 Å². The maximum Gasteiger partial charge on any atom is 0.210 e. The summed E-state index contributed by atoms with van der Waals surface area (Å²) in [5.41, 5.74) is 1.30. The molecule has 0 unspecified atom stereocenters. The van der Waals surface area contributed by atoms with E-state index >= 15 is 0 Å². The van der Waals surface area contributed by atoms with Crippen LogP contribution in [0.5, 0.6) is 5.75 Å². The average Bonchev–Trinajstić information content (AvgIpc) is 3.27. The van der Waals surface area contributed by atoms with Gasteiger partial charge in [-0.25, -0.2) is 8.42 Å². The van der Waals surface area contributed by atoms with Gasteiger partial charge in [0.25, 0.3) is 0 Å². The maximum atomic E-state index is 13.7. The van der Waals surface area contributed by atoms with Crippen LogP contribution in [-0.2, 0) is 19.3 Å². The molecule has 168 valence electrons. The molecule has 5 rings (SSSR count). The van der Waals surface area contributed by atoms with Crippen LogP contribution in [0.3, 0.4) is 0 Å². The highest BCUT2D eigenvalue weighted by molar-refractivity contribution is 7.91. The molecule has 1 aromatic heterocycles. The van der Waals surface area contributed by atoms with Crippen molar-refractivity contribution in [2.24, 2.45) is 0 Å². The van der Waals surface area contributed by atoms with E-state index in [-0.39, 0.29) is 9.79 Å². The Kier molecular flexibility index (Phi) is 5.49. The van der Waals surface area contributed by atoms with Crippen LogP contribution in [-0.4, -0.2) is 52.6 Å². The summed E-state index contributed by atoms with van der Waals surface area (Å²) in [6, 6.07) is 11.7. The number of hydrogen-bond donors (Lipinski definition) is 0. The van der Waals surface area contributed by atoms with Crippen LogP contribution in [0.1, 0.15) is 12.8 Å². The Morgan fingerprint density at radius 3 is 2.41 bits per heavy atom. The third kappa shape index (κ3) is 3.71. The van der Waals surface area contributed by atoms with Crippen LogP contribution in [0, 0.1) is 0 Å². The number of sulfone groups is 1. The number of rotatable bonds is 4. The van der Waals surface area contributed by atoms with Gasteiger partial charge in [-0.2, -0.15) is 0 Å². The zero-order valence-corrected chi connectivity index (χ0v) is 19.2. The summed E-state index contributed by atoms with van der Waals surface area (Å²) in [6.45, 7) is 2.36. The Morgan fingerprint density at radius 2 is 1.75 bits per heavy atom. The highest BCUT2D eigenvalue weighted by Gasteiger charge is 2.41. The monoisotopic (exact) mass is 474 g/mol. The minimum absolute atomic E-state index is 0.154. The summed E-state index contributed by atoms with van der Waals surface area (Å²) in [7, 11) is -2.30. The van der Waals surface area contributed by atoms with Gasteiger partial charge >= 0.3 is 0 Å². The molecular formula is C23H23ClN2O5S. The van der Waals surface area contributed by atoms with E-state index in [1.807, 2.05) is 0 Å². The Hall–Kier alpha value is -2.39. The summed E-state index contributed by atoms with van der Waals surface area (Å²) in [4.78, 5) is 6.85. The third-order valence-corrected chi connectivity index (χ3v) is 8.09. The number of benzene rings is 2. The van der Waals surface area contributed by atoms with E-state index in [1.54, 1.807) is 49.6 Å². The van der Waals surface area contributed by atoms with Crippen molar-refractivity contribution in [2.45, 2.75) is 28.4 Å². The molecule has 3 aromatic rings. The van der Waals surface area contributed by atoms with Gasteiger partial charge in [0.1, 0.15) is 10.6 Å². The number of halogens is 1. The Balaban J connectivity index is 1.62. The SMILES string of the molecule is COc1ccc(S(=O)(=O)c2cnc3ccc(Cl)cc3c2N2CCC3(CC2)OCCO3)cc1. The first-order valence-electron chi connectivity index (χ1n) is 10.4. The molecule has 2 fully saturated rings. The van der Waals surface area contributed by atoms with Crippen molar-refractivity contribution in [3.05, 3.63) is 53.7 Å². The lowest BCUT2D eigenvalue weighted by Gasteiger charge is -2.39. The van der Waals surface area contributed by atoms with Gasteiger partial charge in [-0.1, -0.05) is 11.6 Å². The summed E-state index contributed by atoms with van der Waals surface area (Å²) < 4.78 is 44.2. The summed E-state index contributed by atoms with van der Waals surface area (Å²) >= 11 is 6.30. The lowest BCUT2D eigenvalue weighted by molar-refractivity contribution is -0.169. The van der Waals surface area contributed by atoms with Gasteiger partial charge in [0.05, 0.1) is 36.4 Å². The van der Waals surface area contributed by atoms with Crippen molar-refractivity contribution in [3.63, 3.8) is 0 Å². The van der Waals surface area contributed by atoms with E-state index < -0.39 is 15.6 Å². The van der Waals surface area contributed by atoms with Gasteiger partial charge < -0.3 is 19.1 Å². The lowest BCUT2D eigenvalue weighted by Crippen LogP contribution is -2.45. The molecule has 2 aromatic carbocycles. The van der Waals surface area contributed by atoms with Crippen molar-refractivity contribution in [1.29, 1.82) is 0 Å². The topological polar surface area (TPSA) is 78.0 Å². The van der Waals surface area contributed by atoms with Crippen LogP contribution in [0.4, 0.5) is 5.69 Å². The van der Waals surface area contributed by atoms with Gasteiger partial charge in [0.15, 0.2) is 5.79 Å². The molecule has 9 heteroatoms. The molecule has 7 nitrogen and oxygen atoms in total. The smallest absolute Gasteiger partial charge is 0.210 e. The van der Waals surface area contributed by atoms with Gasteiger partial charge in [-0.15, -0.1) is 0 Å². The van der Waals surface area contributed by atoms with Crippen LogP contribution in [0.15, 0.2) is 58.5 Å². The van der Waals surface area contributed by atoms with Gasteiger partial charge in [0, 0.05) is 42.5 Å². The quantitative estimate of drug-likeness (QED) is 0.564. The standard InChI is InChI=1S/C23H23ClN2O5S/c1-29-17-3-5-18(6-4-17)32(27,28)21-15-25-20-7-2-16(24)14-19(20)22(21)26-10-8-23(9-11-26)30-12-13-31-23/h2-7,14-15H,8-13H2,1H3. The fourth-order valence-electron chi connectivity index (χ4n) is 4.39. The van der Waals surface area contributed by atoms with Gasteiger partial charge in [-0.3, -0.25) is 4.98 Å². The summed E-state index contributed by atoms with van der Waals surface area (Å²) in [5.74, 6) is 0.0249. The van der Waals surface area contributed by atoms with Crippen LogP contribution in [0.25, 0.3) is 10.9 Å². The average molecular weight is 475 g/mol. The fraction of sp³-hybridized carbons (Fsp3) is 0.348. The molecule has 1 spiro atoms. The molecule has 32 heavy (non-hydrogen) atoms. The molecule has 0 saturated carbocycles. The second kappa shape index (κ2) is 8.19. The first-order chi connectivity index (χ1) is 15.4. The molecule has 0 atom stereocenters. The predicted molar refractivity (Wildman–Crippen MR) is 121 cm³/mol. The number of pyridine rings is 1. The highest BCUT2D eigenvalue weighted by Crippen LogP contribution is 2.40. The van der Waals surface area contributed by atoms with E-state index in [0.29, 0.717) is 66.5 Å². The first kappa shape index (κ1) is 21.5. The number of methoxy groups -OCH3 is 1. The molecule has 2 aliphatic rings. The van der Waals surface area contributed by atoms with E-state index in [1.165, 1.54) is 6.20 Å². The maximum absolute atomic E-state index is 13.7. The van der Waals surface area contributed by atoms with Crippen LogP contribution >= 0.6 is 11.6 Å². The second-order valence-corrected chi connectivity index (χ2v) is 10.3. The molecule has 0 amide bonds. The zero-order valence-electron chi connectivity index (χ0n) is 17.6. The van der Waals surface area contributed by atoms with Gasteiger partial charge in [0.2, 0.25) is 9.84 Å². The summed E-state index contributed by atoms with van der Waals surface area (Å²) in [5, 5.41) is 1.23. The number of piperidine rings is 1. The molecule has 0 aliphatic carbocycles. The van der Waals surface area contributed by atoms with E-state index in [4.69, 9.17) is 25.8 Å². The summed E-state index contributed by atoms with van der Waals surface area (Å²) in [6.07, 6.45) is 2.75. The van der Waals surface area contributed by atoms with Crippen LogP contribution in [0.2, 0.25) is 5.02 Å². The van der Waals surface area contributed by atoms with E-state index in [2.05, 4.69) is 9.88 Å². The number of anilines is 1. The lowest BCUT2D eigenvalue weighted by atomic mass is 10.0. The Labute approximate surface area is 191 Å². The number of hydrogen-bond acceptors (Lipinski definition) is 7. The minimum atomic E-state index is -3.84. The number of ether oxygens (including phenoxy) is 3. The fourth-order valence-corrected chi connectivity index (χ4v) is 6.00. The predicted octanol–water partition coefficient (Wildman–Crippen LogP) is 4.07. The zero-order chi connectivity index (χ0) is 22.3. The van der Waals surface area contributed by atoms with E-state index in [9.17, 15) is 8.42 Å². The minimum Gasteiger partial charge on any atom is -0.497 e. The van der Waals surface area contributed by atoms with Crippen molar-refractivity contribution >= 4 is 38.0 Å². The second-order valence-electron chi connectivity index (χ2n) is 7.91. The van der Waals surface area contributed by atoms with Crippen molar-refractivity contribution in [2.75, 3.05) is 38.3 Å². The van der Waals surface area contributed by atoms with E-state index in [0.717, 1.165) is 0 Å². The van der Waals surface area contributed by atoms with Gasteiger partial charge in [-0.05, 0) is 42.5 Å². The largest absolute Gasteiger partial charge is 0.497 e. The number of nitrogens with zero attached hydrogens (tertiary/aromatic N) is 2. The van der Waals surface area contributed by atoms with Crippen LogP contribution < -0.4 is 9.64 Å².